The van der Waals surface area contributed by atoms with E-state index in [2.05, 4.69) is 24.1 Å². The fourth-order valence-corrected chi connectivity index (χ4v) is 2.52. The molecule has 102 valence electrons. The first-order chi connectivity index (χ1) is 8.40. The van der Waals surface area contributed by atoms with Crippen molar-refractivity contribution in [3.63, 3.8) is 0 Å². The van der Waals surface area contributed by atoms with Crippen molar-refractivity contribution >= 4 is 17.2 Å². The molecule has 0 bridgehead atoms. The van der Waals surface area contributed by atoms with Crippen LogP contribution in [0.25, 0.3) is 0 Å². The smallest absolute Gasteiger partial charge is 0.263 e. The summed E-state index contributed by atoms with van der Waals surface area (Å²) in [6, 6.07) is 0. The average molecular weight is 270 g/mol. The Morgan fingerprint density at radius 1 is 1.44 bits per heavy atom. The van der Waals surface area contributed by atoms with Crippen LogP contribution in [0.3, 0.4) is 0 Å². The summed E-state index contributed by atoms with van der Waals surface area (Å²) in [5.41, 5.74) is 0. The Morgan fingerprint density at radius 3 is 2.61 bits per heavy atom. The summed E-state index contributed by atoms with van der Waals surface area (Å²) in [4.78, 5) is 16.8. The second-order valence-corrected chi connectivity index (χ2v) is 6.18. The number of hydrogen-bond acceptors (Lipinski definition) is 4. The highest BCUT2D eigenvalue weighted by Crippen LogP contribution is 2.20. The third kappa shape index (κ3) is 4.74. The predicted molar refractivity (Wildman–Crippen MR) is 74.0 cm³/mol. The fourth-order valence-electron chi connectivity index (χ4n) is 1.68. The Bertz CT molecular complexity index is 388. The van der Waals surface area contributed by atoms with Gasteiger partial charge >= 0.3 is 0 Å². The van der Waals surface area contributed by atoms with Crippen molar-refractivity contribution in [2.45, 2.75) is 46.1 Å². The van der Waals surface area contributed by atoms with Crippen molar-refractivity contribution < 1.29 is 9.90 Å². The molecule has 5 heteroatoms. The molecule has 0 aromatic carbocycles. The first kappa shape index (κ1) is 15.1. The maximum absolute atomic E-state index is 11.9. The molecular formula is C13H22N2O2S. The van der Waals surface area contributed by atoms with E-state index < -0.39 is 0 Å². The van der Waals surface area contributed by atoms with E-state index in [4.69, 9.17) is 0 Å². The predicted octanol–water partition coefficient (Wildman–Crippen LogP) is 2.40. The number of carbonyl (C=O) groups excluding carboxylic acids is 1. The molecule has 0 aliphatic rings. The summed E-state index contributed by atoms with van der Waals surface area (Å²) < 4.78 is 0. The molecule has 0 saturated heterocycles. The standard InChI is InChI=1S/C13H22N2O2S/c1-8(2)13-15-7-11(18-13)12(17)14-6-9(3)5-10(4)16/h7-10,16H,5-6H2,1-4H3,(H,14,17). The molecule has 2 unspecified atom stereocenters. The van der Waals surface area contributed by atoms with Gasteiger partial charge in [0.1, 0.15) is 4.88 Å². The number of nitrogens with one attached hydrogen (secondary N) is 1. The highest BCUT2D eigenvalue weighted by Gasteiger charge is 2.13. The van der Waals surface area contributed by atoms with Crippen LogP contribution >= 0.6 is 11.3 Å². The number of aliphatic hydroxyl groups is 1. The van der Waals surface area contributed by atoms with Crippen LogP contribution in [0.15, 0.2) is 6.20 Å². The van der Waals surface area contributed by atoms with Crippen molar-refractivity contribution in [2.75, 3.05) is 6.54 Å². The van der Waals surface area contributed by atoms with E-state index in [1.54, 1.807) is 13.1 Å². The minimum Gasteiger partial charge on any atom is -0.393 e. The lowest BCUT2D eigenvalue weighted by Crippen LogP contribution is -2.28. The lowest BCUT2D eigenvalue weighted by molar-refractivity contribution is 0.0943. The molecule has 2 atom stereocenters. The van der Waals surface area contributed by atoms with Crippen molar-refractivity contribution in [3.05, 3.63) is 16.1 Å². The summed E-state index contributed by atoms with van der Waals surface area (Å²) in [6.07, 6.45) is 2.00. The summed E-state index contributed by atoms with van der Waals surface area (Å²) in [6.45, 7) is 8.48. The first-order valence-electron chi connectivity index (χ1n) is 6.32. The summed E-state index contributed by atoms with van der Waals surface area (Å²) in [5.74, 6) is 0.550. The third-order valence-corrected chi connectivity index (χ3v) is 3.89. The molecule has 1 amide bonds. The summed E-state index contributed by atoms with van der Waals surface area (Å²) in [7, 11) is 0. The van der Waals surface area contributed by atoms with Crippen molar-refractivity contribution in [1.29, 1.82) is 0 Å². The largest absolute Gasteiger partial charge is 0.393 e. The van der Waals surface area contributed by atoms with Crippen molar-refractivity contribution in [2.24, 2.45) is 5.92 Å². The van der Waals surface area contributed by atoms with Crippen LogP contribution in [-0.2, 0) is 0 Å². The Balaban J connectivity index is 2.45. The van der Waals surface area contributed by atoms with Gasteiger partial charge in [-0.05, 0) is 19.3 Å². The van der Waals surface area contributed by atoms with E-state index in [0.29, 0.717) is 23.8 Å². The van der Waals surface area contributed by atoms with Gasteiger partial charge < -0.3 is 10.4 Å². The lowest BCUT2D eigenvalue weighted by atomic mass is 10.0. The monoisotopic (exact) mass is 270 g/mol. The molecule has 0 fully saturated rings. The number of carbonyl (C=O) groups is 1. The van der Waals surface area contributed by atoms with Gasteiger partial charge in [-0.15, -0.1) is 11.3 Å². The highest BCUT2D eigenvalue weighted by atomic mass is 32.1. The van der Waals surface area contributed by atoms with E-state index >= 15 is 0 Å². The first-order valence-corrected chi connectivity index (χ1v) is 7.13. The average Bonchev–Trinajstić information content (AvgIpc) is 2.74. The third-order valence-electron chi connectivity index (χ3n) is 2.60. The van der Waals surface area contributed by atoms with Crippen molar-refractivity contribution in [3.8, 4) is 0 Å². The van der Waals surface area contributed by atoms with Gasteiger partial charge in [0.05, 0.1) is 17.3 Å². The number of thiazole rings is 1. The molecule has 0 radical (unpaired) electrons. The van der Waals surface area contributed by atoms with Gasteiger partial charge in [-0.25, -0.2) is 4.98 Å². The van der Waals surface area contributed by atoms with Gasteiger partial charge in [0.15, 0.2) is 0 Å². The van der Waals surface area contributed by atoms with E-state index in [-0.39, 0.29) is 17.9 Å². The zero-order chi connectivity index (χ0) is 13.7. The van der Waals surface area contributed by atoms with E-state index in [1.165, 1.54) is 11.3 Å². The molecule has 1 aromatic rings. The molecule has 0 saturated carbocycles. The number of nitrogens with zero attached hydrogens (tertiary/aromatic N) is 1. The molecule has 2 N–H and O–H groups in total. The number of aliphatic hydroxyl groups excluding tert-OH is 1. The Hall–Kier alpha value is -0.940. The molecule has 0 spiro atoms. The van der Waals surface area contributed by atoms with Gasteiger partial charge in [-0.1, -0.05) is 20.8 Å². The van der Waals surface area contributed by atoms with Crippen LogP contribution in [0.4, 0.5) is 0 Å². The van der Waals surface area contributed by atoms with Gasteiger partial charge in [-0.2, -0.15) is 0 Å². The summed E-state index contributed by atoms with van der Waals surface area (Å²) >= 11 is 1.44. The molecule has 18 heavy (non-hydrogen) atoms. The van der Waals surface area contributed by atoms with Crippen LogP contribution in [-0.4, -0.2) is 28.6 Å². The lowest BCUT2D eigenvalue weighted by Gasteiger charge is -2.13. The van der Waals surface area contributed by atoms with Gasteiger partial charge in [-0.3, -0.25) is 4.79 Å². The highest BCUT2D eigenvalue weighted by molar-refractivity contribution is 7.13. The molecular weight excluding hydrogens is 248 g/mol. The van der Waals surface area contributed by atoms with E-state index in [9.17, 15) is 9.90 Å². The Labute approximate surface area is 112 Å². The zero-order valence-electron chi connectivity index (χ0n) is 11.4. The van der Waals surface area contributed by atoms with Crippen LogP contribution in [0.5, 0.6) is 0 Å². The number of rotatable bonds is 6. The zero-order valence-corrected chi connectivity index (χ0v) is 12.3. The Kier molecular flexibility index (Phi) is 5.75. The minimum absolute atomic E-state index is 0.0724. The molecule has 1 rings (SSSR count). The molecule has 1 aromatic heterocycles. The molecule has 0 aliphatic carbocycles. The number of amides is 1. The maximum Gasteiger partial charge on any atom is 0.263 e. The normalized spacial score (nSPS) is 14.6. The molecule has 0 aliphatic heterocycles. The molecule has 1 heterocycles. The second kappa shape index (κ2) is 6.85. The van der Waals surface area contributed by atoms with Crippen molar-refractivity contribution in [1.82, 2.24) is 10.3 Å². The van der Waals surface area contributed by atoms with E-state index in [1.807, 2.05) is 6.92 Å². The summed E-state index contributed by atoms with van der Waals surface area (Å²) in [5, 5.41) is 13.1. The number of hydrogen-bond donors (Lipinski definition) is 2. The fraction of sp³-hybridized carbons (Fsp3) is 0.692. The van der Waals surface area contributed by atoms with Gasteiger partial charge in [0.2, 0.25) is 0 Å². The molecule has 4 nitrogen and oxygen atoms in total. The van der Waals surface area contributed by atoms with Gasteiger partial charge in [0, 0.05) is 12.5 Å². The topological polar surface area (TPSA) is 62.2 Å². The van der Waals surface area contributed by atoms with Crippen LogP contribution in [0.2, 0.25) is 0 Å². The van der Waals surface area contributed by atoms with E-state index in [0.717, 1.165) is 5.01 Å². The Morgan fingerprint density at radius 2 is 2.11 bits per heavy atom. The van der Waals surface area contributed by atoms with Gasteiger partial charge in [0.25, 0.3) is 5.91 Å². The van der Waals surface area contributed by atoms with Crippen LogP contribution in [0.1, 0.15) is 54.7 Å². The van der Waals surface area contributed by atoms with Crippen LogP contribution < -0.4 is 5.32 Å². The minimum atomic E-state index is -0.326. The quantitative estimate of drug-likeness (QED) is 0.834. The maximum atomic E-state index is 11.9. The SMILES string of the molecule is CC(O)CC(C)CNC(=O)c1cnc(C(C)C)s1. The number of aromatic nitrogens is 1. The second-order valence-electron chi connectivity index (χ2n) is 5.12. The van der Waals surface area contributed by atoms with Crippen LogP contribution in [0, 0.1) is 5.92 Å².